The minimum atomic E-state index is -5.90. The number of carbonyl (C=O) groups excluding carboxylic acids is 1. The molecule has 0 amide bonds. The monoisotopic (exact) mass is 354 g/mol. The van der Waals surface area contributed by atoms with Crippen molar-refractivity contribution in [1.29, 1.82) is 0 Å². The number of aromatic nitrogens is 1. The fourth-order valence-corrected chi connectivity index (χ4v) is 2.31. The standard InChI is InChI=1S/C14H12ClF5N2O/c15-12-4-3-9(7-21-12)8-22-5-1-2-10(22)6-11(23)13(16,17)14(18,19)20/h3-4,6-7H,1-2,5,8H2/b10-6+. The van der Waals surface area contributed by atoms with Crippen LogP contribution in [-0.2, 0) is 11.3 Å². The Balaban J connectivity index is 2.15. The minimum Gasteiger partial charge on any atom is -0.370 e. The average Bonchev–Trinajstić information content (AvgIpc) is 2.87. The van der Waals surface area contributed by atoms with Crippen LogP contribution in [-0.4, -0.2) is 34.3 Å². The van der Waals surface area contributed by atoms with Crippen LogP contribution < -0.4 is 0 Å². The van der Waals surface area contributed by atoms with Gasteiger partial charge in [-0.15, -0.1) is 0 Å². The van der Waals surface area contributed by atoms with E-state index in [0.29, 0.717) is 24.6 Å². The fraction of sp³-hybridized carbons (Fsp3) is 0.429. The summed E-state index contributed by atoms with van der Waals surface area (Å²) in [7, 11) is 0. The number of halogens is 6. The molecule has 2 heterocycles. The smallest absolute Gasteiger partial charge is 0.370 e. The lowest BCUT2D eigenvalue weighted by atomic mass is 10.1. The van der Waals surface area contributed by atoms with Gasteiger partial charge in [0.05, 0.1) is 0 Å². The Morgan fingerprint density at radius 3 is 2.57 bits per heavy atom. The van der Waals surface area contributed by atoms with Gasteiger partial charge < -0.3 is 4.90 Å². The zero-order valence-corrected chi connectivity index (χ0v) is 12.5. The molecule has 23 heavy (non-hydrogen) atoms. The summed E-state index contributed by atoms with van der Waals surface area (Å²) in [6, 6.07) is 3.21. The second kappa shape index (κ2) is 6.43. The first kappa shape index (κ1) is 17.7. The van der Waals surface area contributed by atoms with Gasteiger partial charge in [0.25, 0.3) is 0 Å². The van der Waals surface area contributed by atoms with Gasteiger partial charge in [-0.05, 0) is 24.5 Å². The van der Waals surface area contributed by atoms with E-state index in [4.69, 9.17) is 11.6 Å². The number of ketones is 1. The van der Waals surface area contributed by atoms with Crippen molar-refractivity contribution >= 4 is 17.4 Å². The summed E-state index contributed by atoms with van der Waals surface area (Å²) in [6.45, 7) is 0.709. The van der Waals surface area contributed by atoms with E-state index in [-0.39, 0.29) is 23.8 Å². The molecule has 1 aromatic heterocycles. The van der Waals surface area contributed by atoms with Gasteiger partial charge in [-0.2, -0.15) is 22.0 Å². The van der Waals surface area contributed by atoms with Gasteiger partial charge in [0.1, 0.15) is 5.15 Å². The molecular formula is C14H12ClF5N2O. The largest absolute Gasteiger partial charge is 0.461 e. The van der Waals surface area contributed by atoms with E-state index in [1.807, 2.05) is 0 Å². The lowest BCUT2D eigenvalue weighted by Crippen LogP contribution is -2.43. The minimum absolute atomic E-state index is 0.161. The van der Waals surface area contributed by atoms with E-state index < -0.39 is 17.9 Å². The van der Waals surface area contributed by atoms with E-state index in [1.165, 1.54) is 6.20 Å². The SMILES string of the molecule is O=C(/C=C1\CCCN1Cc1ccc(Cl)nc1)C(F)(F)C(F)(F)F. The predicted molar refractivity (Wildman–Crippen MR) is 73.0 cm³/mol. The van der Waals surface area contributed by atoms with Gasteiger partial charge in [0.15, 0.2) is 0 Å². The Morgan fingerprint density at radius 1 is 1.30 bits per heavy atom. The van der Waals surface area contributed by atoms with Crippen LogP contribution in [0.2, 0.25) is 5.15 Å². The molecule has 126 valence electrons. The highest BCUT2D eigenvalue weighted by Crippen LogP contribution is 2.37. The summed E-state index contributed by atoms with van der Waals surface area (Å²) < 4.78 is 62.6. The average molecular weight is 355 g/mol. The second-order valence-corrected chi connectivity index (χ2v) is 5.47. The highest BCUT2D eigenvalue weighted by Gasteiger charge is 2.62. The molecule has 1 aromatic rings. The van der Waals surface area contributed by atoms with Crippen molar-refractivity contribution in [2.45, 2.75) is 31.5 Å². The summed E-state index contributed by atoms with van der Waals surface area (Å²) in [5.74, 6) is -7.63. The van der Waals surface area contributed by atoms with Crippen molar-refractivity contribution in [3.05, 3.63) is 40.8 Å². The Bertz CT molecular complexity index is 613. The van der Waals surface area contributed by atoms with Crippen LogP contribution in [0, 0.1) is 0 Å². The third-order valence-corrected chi connectivity index (χ3v) is 3.62. The first-order valence-electron chi connectivity index (χ1n) is 6.66. The van der Waals surface area contributed by atoms with E-state index in [2.05, 4.69) is 4.98 Å². The van der Waals surface area contributed by atoms with Crippen LogP contribution >= 0.6 is 11.6 Å². The topological polar surface area (TPSA) is 33.2 Å². The molecule has 0 N–H and O–H groups in total. The quantitative estimate of drug-likeness (QED) is 0.466. The van der Waals surface area contributed by atoms with Crippen LogP contribution in [0.4, 0.5) is 22.0 Å². The zero-order chi connectivity index (χ0) is 17.3. The van der Waals surface area contributed by atoms with Crippen LogP contribution in [0.1, 0.15) is 18.4 Å². The van der Waals surface area contributed by atoms with Crippen molar-refractivity contribution in [3.63, 3.8) is 0 Å². The van der Waals surface area contributed by atoms with Crippen LogP contribution in [0.3, 0.4) is 0 Å². The third kappa shape index (κ3) is 3.99. The number of alkyl halides is 5. The molecule has 2 rings (SSSR count). The van der Waals surface area contributed by atoms with E-state index in [1.54, 1.807) is 17.0 Å². The summed E-state index contributed by atoms with van der Waals surface area (Å²) in [6.07, 6.45) is -3.20. The molecule has 0 aliphatic carbocycles. The van der Waals surface area contributed by atoms with E-state index in [9.17, 15) is 26.7 Å². The van der Waals surface area contributed by atoms with Gasteiger partial charge in [-0.3, -0.25) is 4.79 Å². The van der Waals surface area contributed by atoms with Gasteiger partial charge in [-0.25, -0.2) is 4.98 Å². The molecule has 1 aliphatic rings. The first-order chi connectivity index (χ1) is 10.6. The Labute approximate surface area is 133 Å². The van der Waals surface area contributed by atoms with Gasteiger partial charge in [0, 0.05) is 31.1 Å². The molecule has 0 aromatic carbocycles. The summed E-state index contributed by atoms with van der Waals surface area (Å²) >= 11 is 5.65. The highest BCUT2D eigenvalue weighted by atomic mass is 35.5. The lowest BCUT2D eigenvalue weighted by Gasteiger charge is -2.21. The third-order valence-electron chi connectivity index (χ3n) is 3.39. The van der Waals surface area contributed by atoms with Crippen molar-refractivity contribution in [2.75, 3.05) is 6.54 Å². The maximum Gasteiger partial charge on any atom is 0.461 e. The van der Waals surface area contributed by atoms with Gasteiger partial charge in [-0.1, -0.05) is 17.7 Å². The molecule has 0 bridgehead atoms. The molecular weight excluding hydrogens is 343 g/mol. The fourth-order valence-electron chi connectivity index (χ4n) is 2.20. The molecule has 1 aliphatic heterocycles. The molecule has 1 fully saturated rings. The summed E-state index contributed by atoms with van der Waals surface area (Å²) in [4.78, 5) is 16.7. The molecule has 0 unspecified atom stereocenters. The lowest BCUT2D eigenvalue weighted by molar-refractivity contribution is -0.266. The molecule has 0 radical (unpaired) electrons. The predicted octanol–water partition coefficient (Wildman–Crippen LogP) is 3.98. The first-order valence-corrected chi connectivity index (χ1v) is 7.04. The van der Waals surface area contributed by atoms with E-state index in [0.717, 1.165) is 0 Å². The van der Waals surface area contributed by atoms with Crippen molar-refractivity contribution in [1.82, 2.24) is 9.88 Å². The highest BCUT2D eigenvalue weighted by molar-refractivity contribution is 6.29. The van der Waals surface area contributed by atoms with Crippen molar-refractivity contribution < 1.29 is 26.7 Å². The number of likely N-dealkylation sites (tertiary alicyclic amines) is 1. The maximum atomic E-state index is 13.0. The Hall–Kier alpha value is -1.70. The number of carbonyl (C=O) groups is 1. The van der Waals surface area contributed by atoms with Crippen molar-refractivity contribution in [3.8, 4) is 0 Å². The number of pyridine rings is 1. The molecule has 0 atom stereocenters. The van der Waals surface area contributed by atoms with Crippen molar-refractivity contribution in [2.24, 2.45) is 0 Å². The second-order valence-electron chi connectivity index (χ2n) is 5.09. The zero-order valence-electron chi connectivity index (χ0n) is 11.7. The summed E-state index contributed by atoms with van der Waals surface area (Å²) in [5, 5.41) is 0.283. The number of allylic oxidation sites excluding steroid dienone is 2. The van der Waals surface area contributed by atoms with E-state index >= 15 is 0 Å². The molecule has 0 spiro atoms. The number of hydrogen-bond donors (Lipinski definition) is 0. The van der Waals surface area contributed by atoms with Crippen LogP contribution in [0.5, 0.6) is 0 Å². The molecule has 9 heteroatoms. The van der Waals surface area contributed by atoms with Crippen LogP contribution in [0.25, 0.3) is 0 Å². The number of hydrogen-bond acceptors (Lipinski definition) is 3. The molecule has 3 nitrogen and oxygen atoms in total. The summed E-state index contributed by atoms with van der Waals surface area (Å²) in [5.41, 5.74) is 0.867. The normalized spacial score (nSPS) is 17.8. The Morgan fingerprint density at radius 2 is 2.00 bits per heavy atom. The molecule has 0 saturated carbocycles. The Kier molecular flexibility index (Phi) is 4.93. The van der Waals surface area contributed by atoms with Gasteiger partial charge in [0.2, 0.25) is 5.78 Å². The van der Waals surface area contributed by atoms with Crippen LogP contribution in [0.15, 0.2) is 30.1 Å². The van der Waals surface area contributed by atoms with Gasteiger partial charge >= 0.3 is 12.1 Å². The number of nitrogens with zero attached hydrogens (tertiary/aromatic N) is 2. The number of rotatable bonds is 4. The maximum absolute atomic E-state index is 13.0. The molecule has 1 saturated heterocycles.